The predicted molar refractivity (Wildman–Crippen MR) is 89.2 cm³/mol. The second-order valence-electron chi connectivity index (χ2n) is 4.53. The van der Waals surface area contributed by atoms with E-state index in [-0.39, 0.29) is 15.7 Å². The van der Waals surface area contributed by atoms with Gasteiger partial charge in [0, 0.05) is 11.2 Å². The Hall–Kier alpha value is -1.82. The Morgan fingerprint density at radius 1 is 1.17 bits per heavy atom. The Morgan fingerprint density at radius 3 is 2.52 bits per heavy atom. The predicted octanol–water partition coefficient (Wildman–Crippen LogP) is 4.23. The van der Waals surface area contributed by atoms with Gasteiger partial charge in [-0.1, -0.05) is 34.8 Å². The monoisotopic (exact) mass is 372 g/mol. The van der Waals surface area contributed by atoms with Crippen LogP contribution in [0.2, 0.25) is 15.2 Å². The summed E-state index contributed by atoms with van der Waals surface area (Å²) < 4.78 is 5.07. The number of nitrogens with zero attached hydrogens (tertiary/aromatic N) is 1. The number of esters is 1. The molecule has 120 valence electrons. The molecule has 0 aliphatic rings. The van der Waals surface area contributed by atoms with Crippen molar-refractivity contribution in [2.45, 2.75) is 13.0 Å². The second kappa shape index (κ2) is 7.64. The van der Waals surface area contributed by atoms with Gasteiger partial charge in [-0.3, -0.25) is 4.79 Å². The molecule has 0 saturated carbocycles. The average molecular weight is 374 g/mol. The van der Waals surface area contributed by atoms with Crippen LogP contribution in [0.5, 0.6) is 0 Å². The molecule has 0 aliphatic carbocycles. The first-order chi connectivity index (χ1) is 10.9. The van der Waals surface area contributed by atoms with E-state index in [1.165, 1.54) is 31.3 Å². The highest BCUT2D eigenvalue weighted by Gasteiger charge is 2.20. The maximum Gasteiger partial charge on any atom is 0.340 e. The highest BCUT2D eigenvalue weighted by atomic mass is 35.5. The molecule has 1 heterocycles. The van der Waals surface area contributed by atoms with Crippen LogP contribution in [0.25, 0.3) is 0 Å². The molecule has 23 heavy (non-hydrogen) atoms. The topological polar surface area (TPSA) is 68.3 Å². The van der Waals surface area contributed by atoms with Gasteiger partial charge in [-0.25, -0.2) is 9.78 Å². The van der Waals surface area contributed by atoms with Crippen molar-refractivity contribution in [2.75, 3.05) is 5.32 Å². The summed E-state index contributed by atoms with van der Waals surface area (Å²) >= 11 is 17.4. The molecule has 2 aromatic rings. The number of hydrogen-bond donors (Lipinski definition) is 1. The fraction of sp³-hybridized carbons (Fsp3) is 0.133. The number of rotatable bonds is 4. The first-order valence-corrected chi connectivity index (χ1v) is 7.58. The van der Waals surface area contributed by atoms with Crippen molar-refractivity contribution < 1.29 is 14.3 Å². The van der Waals surface area contributed by atoms with Crippen molar-refractivity contribution in [1.82, 2.24) is 4.98 Å². The van der Waals surface area contributed by atoms with Gasteiger partial charge < -0.3 is 10.1 Å². The number of anilines is 1. The van der Waals surface area contributed by atoms with E-state index in [4.69, 9.17) is 39.5 Å². The minimum absolute atomic E-state index is 0.193. The standard InChI is InChI=1S/C15H11Cl3N2O3/c1-8(23-15(22)9-2-5-13(18)19-7-9)14(21)20-12-4-3-10(16)6-11(12)17/h2-8H,1H3,(H,20,21)/t8-/m0/s1. The Kier molecular flexibility index (Phi) is 5.82. The van der Waals surface area contributed by atoms with Gasteiger partial charge in [-0.05, 0) is 37.3 Å². The molecule has 1 N–H and O–H groups in total. The first-order valence-electron chi connectivity index (χ1n) is 6.45. The minimum atomic E-state index is -1.02. The van der Waals surface area contributed by atoms with E-state index in [2.05, 4.69) is 10.3 Å². The summed E-state index contributed by atoms with van der Waals surface area (Å²) in [5, 5.41) is 3.54. The van der Waals surface area contributed by atoms with Crippen molar-refractivity contribution in [3.8, 4) is 0 Å². The molecule has 0 bridgehead atoms. The highest BCUT2D eigenvalue weighted by molar-refractivity contribution is 6.36. The molecular weight excluding hydrogens is 363 g/mol. The minimum Gasteiger partial charge on any atom is -0.449 e. The zero-order chi connectivity index (χ0) is 17.0. The Bertz CT molecular complexity index is 735. The van der Waals surface area contributed by atoms with Crippen LogP contribution in [-0.2, 0) is 9.53 Å². The van der Waals surface area contributed by atoms with Gasteiger partial charge in [0.05, 0.1) is 16.3 Å². The van der Waals surface area contributed by atoms with Gasteiger partial charge in [0.2, 0.25) is 0 Å². The van der Waals surface area contributed by atoms with E-state index >= 15 is 0 Å². The number of aromatic nitrogens is 1. The van der Waals surface area contributed by atoms with Crippen molar-refractivity contribution in [2.24, 2.45) is 0 Å². The van der Waals surface area contributed by atoms with Crippen molar-refractivity contribution in [3.05, 3.63) is 57.3 Å². The number of benzene rings is 1. The lowest BCUT2D eigenvalue weighted by Gasteiger charge is -2.14. The van der Waals surface area contributed by atoms with Gasteiger partial charge in [-0.2, -0.15) is 0 Å². The molecule has 1 amide bonds. The van der Waals surface area contributed by atoms with Crippen molar-refractivity contribution >= 4 is 52.4 Å². The summed E-state index contributed by atoms with van der Waals surface area (Å²) in [6.07, 6.45) is 0.246. The van der Waals surface area contributed by atoms with Crippen LogP contribution in [0.15, 0.2) is 36.5 Å². The zero-order valence-electron chi connectivity index (χ0n) is 11.8. The van der Waals surface area contributed by atoms with Crippen molar-refractivity contribution in [1.29, 1.82) is 0 Å². The molecule has 0 unspecified atom stereocenters. The third-order valence-corrected chi connectivity index (χ3v) is 3.58. The summed E-state index contributed by atoms with van der Waals surface area (Å²) in [7, 11) is 0. The average Bonchev–Trinajstić information content (AvgIpc) is 2.50. The van der Waals surface area contributed by atoms with E-state index in [0.717, 1.165) is 0 Å². The summed E-state index contributed by atoms with van der Waals surface area (Å²) in [6.45, 7) is 1.44. The van der Waals surface area contributed by atoms with Crippen LogP contribution in [0.3, 0.4) is 0 Å². The lowest BCUT2D eigenvalue weighted by Crippen LogP contribution is -2.30. The highest BCUT2D eigenvalue weighted by Crippen LogP contribution is 2.25. The molecule has 2 rings (SSSR count). The fourth-order valence-electron chi connectivity index (χ4n) is 1.60. The van der Waals surface area contributed by atoms with E-state index in [0.29, 0.717) is 10.7 Å². The zero-order valence-corrected chi connectivity index (χ0v) is 14.1. The third-order valence-electron chi connectivity index (χ3n) is 2.81. The molecular formula is C15H11Cl3N2O3. The number of carbonyl (C=O) groups is 2. The van der Waals surface area contributed by atoms with Crippen LogP contribution in [0.1, 0.15) is 17.3 Å². The van der Waals surface area contributed by atoms with Crippen LogP contribution >= 0.6 is 34.8 Å². The Morgan fingerprint density at radius 2 is 1.91 bits per heavy atom. The number of nitrogens with one attached hydrogen (secondary N) is 1. The normalized spacial score (nSPS) is 11.7. The molecule has 0 fully saturated rings. The number of halogens is 3. The van der Waals surface area contributed by atoms with E-state index in [9.17, 15) is 9.59 Å². The van der Waals surface area contributed by atoms with E-state index in [1.54, 1.807) is 12.1 Å². The molecule has 5 nitrogen and oxygen atoms in total. The van der Waals surface area contributed by atoms with Gasteiger partial charge in [-0.15, -0.1) is 0 Å². The van der Waals surface area contributed by atoms with Crippen molar-refractivity contribution in [3.63, 3.8) is 0 Å². The molecule has 8 heteroatoms. The lowest BCUT2D eigenvalue weighted by atomic mass is 10.2. The summed E-state index contributed by atoms with van der Waals surface area (Å²) in [4.78, 5) is 27.7. The van der Waals surface area contributed by atoms with Crippen LogP contribution in [-0.4, -0.2) is 23.0 Å². The van der Waals surface area contributed by atoms with Gasteiger partial charge in [0.15, 0.2) is 6.10 Å². The third kappa shape index (κ3) is 4.82. The smallest absolute Gasteiger partial charge is 0.340 e. The molecule has 0 radical (unpaired) electrons. The van der Waals surface area contributed by atoms with E-state index in [1.807, 2.05) is 0 Å². The Balaban J connectivity index is 1.99. The molecule has 1 atom stereocenters. The quantitative estimate of drug-likeness (QED) is 0.643. The molecule has 0 saturated heterocycles. The van der Waals surface area contributed by atoms with Gasteiger partial charge >= 0.3 is 5.97 Å². The maximum absolute atomic E-state index is 12.1. The molecule has 0 spiro atoms. The maximum atomic E-state index is 12.1. The van der Waals surface area contributed by atoms with Crippen LogP contribution < -0.4 is 5.32 Å². The number of hydrogen-bond acceptors (Lipinski definition) is 4. The first kappa shape index (κ1) is 17.5. The number of carbonyl (C=O) groups excluding carboxylic acids is 2. The number of amides is 1. The molecule has 0 aliphatic heterocycles. The number of ether oxygens (including phenoxy) is 1. The fourth-order valence-corrected chi connectivity index (χ4v) is 2.17. The lowest BCUT2D eigenvalue weighted by molar-refractivity contribution is -0.123. The summed E-state index contributed by atoms with van der Waals surface area (Å²) in [5.41, 5.74) is 0.565. The largest absolute Gasteiger partial charge is 0.449 e. The van der Waals surface area contributed by atoms with Crippen LogP contribution in [0, 0.1) is 0 Å². The van der Waals surface area contributed by atoms with E-state index < -0.39 is 18.0 Å². The van der Waals surface area contributed by atoms with Crippen LogP contribution in [0.4, 0.5) is 5.69 Å². The number of pyridine rings is 1. The van der Waals surface area contributed by atoms with Gasteiger partial charge in [0.25, 0.3) is 5.91 Å². The molecule has 1 aromatic heterocycles. The molecule has 1 aromatic carbocycles. The second-order valence-corrected chi connectivity index (χ2v) is 5.76. The SMILES string of the molecule is C[C@H](OC(=O)c1ccc(Cl)nc1)C(=O)Nc1ccc(Cl)cc1Cl. The van der Waals surface area contributed by atoms with Gasteiger partial charge in [0.1, 0.15) is 5.15 Å². The summed E-state index contributed by atoms with van der Waals surface area (Å²) in [5.74, 6) is -1.21. The Labute approximate surface area is 147 Å². The summed E-state index contributed by atoms with van der Waals surface area (Å²) in [6, 6.07) is 7.54.